The monoisotopic (exact) mass is 345 g/mol. The first-order valence-corrected chi connectivity index (χ1v) is 8.49. The van der Waals surface area contributed by atoms with E-state index in [1.807, 2.05) is 48.7 Å². The van der Waals surface area contributed by atoms with Gasteiger partial charge in [0, 0.05) is 16.6 Å². The predicted molar refractivity (Wildman–Crippen MR) is 93.0 cm³/mol. The van der Waals surface area contributed by atoms with Gasteiger partial charge in [-0.15, -0.1) is 11.3 Å². The predicted octanol–water partition coefficient (Wildman–Crippen LogP) is 4.14. The average Bonchev–Trinajstić information content (AvgIpc) is 3.20. The molecule has 0 bridgehead atoms. The molecule has 1 amide bonds. The van der Waals surface area contributed by atoms with Crippen LogP contribution in [0.1, 0.15) is 33.8 Å². The number of nitrogens with one attached hydrogen (secondary N) is 1. The Hall–Kier alpha value is -2.11. The lowest BCUT2D eigenvalue weighted by atomic mass is 10.1. The van der Waals surface area contributed by atoms with Gasteiger partial charge < -0.3 is 5.32 Å². The number of rotatable bonds is 5. The first-order valence-electron chi connectivity index (χ1n) is 7.23. The summed E-state index contributed by atoms with van der Waals surface area (Å²) in [5, 5.41) is 9.77. The molecule has 0 fully saturated rings. The fourth-order valence-electron chi connectivity index (χ4n) is 2.26. The molecule has 2 aromatic heterocycles. The van der Waals surface area contributed by atoms with Crippen molar-refractivity contribution < 1.29 is 4.79 Å². The van der Waals surface area contributed by atoms with Crippen LogP contribution in [0.2, 0.25) is 5.02 Å². The van der Waals surface area contributed by atoms with E-state index in [1.165, 1.54) is 0 Å². The van der Waals surface area contributed by atoms with Crippen molar-refractivity contribution in [2.45, 2.75) is 19.5 Å². The lowest BCUT2D eigenvalue weighted by Crippen LogP contribution is -2.26. The first-order chi connectivity index (χ1) is 11.1. The van der Waals surface area contributed by atoms with E-state index in [-0.39, 0.29) is 11.9 Å². The van der Waals surface area contributed by atoms with Crippen LogP contribution in [0.5, 0.6) is 0 Å². The number of halogens is 1. The quantitative estimate of drug-likeness (QED) is 0.755. The summed E-state index contributed by atoms with van der Waals surface area (Å²) in [7, 11) is 0. The standard InChI is InChI=1S/C17H16ClN3OS/c1-12(16-3-2-8-23-16)20-17(22)14-6-4-13(5-7-14)10-21-11-15(18)9-19-21/h2-9,11-12H,10H2,1H3,(H,20,22). The molecular weight excluding hydrogens is 330 g/mol. The van der Waals surface area contributed by atoms with Crippen LogP contribution in [-0.4, -0.2) is 15.7 Å². The number of thiophene rings is 1. The van der Waals surface area contributed by atoms with Crippen LogP contribution in [0.3, 0.4) is 0 Å². The summed E-state index contributed by atoms with van der Waals surface area (Å²) in [4.78, 5) is 13.4. The van der Waals surface area contributed by atoms with Crippen molar-refractivity contribution in [3.8, 4) is 0 Å². The van der Waals surface area contributed by atoms with Gasteiger partial charge in [-0.2, -0.15) is 5.10 Å². The van der Waals surface area contributed by atoms with Crippen molar-refractivity contribution in [2.24, 2.45) is 0 Å². The van der Waals surface area contributed by atoms with Gasteiger partial charge in [0.1, 0.15) is 0 Å². The molecule has 1 aromatic carbocycles. The van der Waals surface area contributed by atoms with Gasteiger partial charge in [-0.3, -0.25) is 9.48 Å². The van der Waals surface area contributed by atoms with Gasteiger partial charge in [0.2, 0.25) is 0 Å². The van der Waals surface area contributed by atoms with Crippen LogP contribution >= 0.6 is 22.9 Å². The highest BCUT2D eigenvalue weighted by Crippen LogP contribution is 2.18. The second-order valence-corrected chi connectivity index (χ2v) is 6.68. The molecule has 0 spiro atoms. The Kier molecular flexibility index (Phi) is 4.79. The molecule has 0 aliphatic rings. The second kappa shape index (κ2) is 6.98. The molecule has 4 nitrogen and oxygen atoms in total. The summed E-state index contributed by atoms with van der Waals surface area (Å²) in [6.07, 6.45) is 3.38. The van der Waals surface area contributed by atoms with E-state index in [0.717, 1.165) is 10.4 Å². The number of hydrogen-bond acceptors (Lipinski definition) is 3. The Morgan fingerprint density at radius 2 is 2.13 bits per heavy atom. The maximum atomic E-state index is 12.3. The zero-order valence-corrected chi connectivity index (χ0v) is 14.1. The van der Waals surface area contributed by atoms with E-state index < -0.39 is 0 Å². The van der Waals surface area contributed by atoms with Crippen molar-refractivity contribution >= 4 is 28.8 Å². The van der Waals surface area contributed by atoms with Crippen LogP contribution in [0.15, 0.2) is 54.2 Å². The molecule has 0 saturated heterocycles. The Balaban J connectivity index is 1.63. The molecule has 2 heterocycles. The van der Waals surface area contributed by atoms with Gasteiger partial charge in [0.15, 0.2) is 0 Å². The van der Waals surface area contributed by atoms with Crippen LogP contribution in [0, 0.1) is 0 Å². The minimum atomic E-state index is -0.0698. The molecule has 1 atom stereocenters. The van der Waals surface area contributed by atoms with Gasteiger partial charge >= 0.3 is 0 Å². The van der Waals surface area contributed by atoms with Crippen molar-refractivity contribution in [2.75, 3.05) is 0 Å². The number of amides is 1. The van der Waals surface area contributed by atoms with Crippen LogP contribution in [-0.2, 0) is 6.54 Å². The van der Waals surface area contributed by atoms with Gasteiger partial charge in [-0.25, -0.2) is 0 Å². The first kappa shape index (κ1) is 15.8. The molecule has 0 aliphatic carbocycles. The topological polar surface area (TPSA) is 46.9 Å². The van der Waals surface area contributed by atoms with Crippen molar-refractivity contribution in [1.82, 2.24) is 15.1 Å². The highest BCUT2D eigenvalue weighted by Gasteiger charge is 2.12. The molecule has 23 heavy (non-hydrogen) atoms. The summed E-state index contributed by atoms with van der Waals surface area (Å²) in [5.41, 5.74) is 1.71. The smallest absolute Gasteiger partial charge is 0.251 e. The fourth-order valence-corrected chi connectivity index (χ4v) is 3.15. The number of carbonyl (C=O) groups is 1. The zero-order chi connectivity index (χ0) is 16.2. The van der Waals surface area contributed by atoms with E-state index >= 15 is 0 Å². The number of nitrogens with zero attached hydrogens (tertiary/aromatic N) is 2. The Morgan fingerprint density at radius 1 is 1.35 bits per heavy atom. The van der Waals surface area contributed by atoms with Crippen molar-refractivity contribution in [3.63, 3.8) is 0 Å². The summed E-state index contributed by atoms with van der Waals surface area (Å²) >= 11 is 7.49. The minimum absolute atomic E-state index is 0.00777. The molecule has 0 radical (unpaired) electrons. The third-order valence-corrected chi connectivity index (χ3v) is 4.73. The number of aromatic nitrogens is 2. The zero-order valence-electron chi connectivity index (χ0n) is 12.6. The van der Waals surface area contributed by atoms with E-state index in [2.05, 4.69) is 10.4 Å². The van der Waals surface area contributed by atoms with Gasteiger partial charge in [-0.1, -0.05) is 29.8 Å². The third-order valence-electron chi connectivity index (χ3n) is 3.48. The van der Waals surface area contributed by atoms with Gasteiger partial charge in [0.05, 0.1) is 23.8 Å². The molecule has 3 aromatic rings. The maximum absolute atomic E-state index is 12.3. The van der Waals surface area contributed by atoms with Crippen LogP contribution < -0.4 is 5.32 Å². The Morgan fingerprint density at radius 3 is 2.74 bits per heavy atom. The minimum Gasteiger partial charge on any atom is -0.345 e. The highest BCUT2D eigenvalue weighted by molar-refractivity contribution is 7.10. The molecule has 1 unspecified atom stereocenters. The largest absolute Gasteiger partial charge is 0.345 e. The van der Waals surface area contributed by atoms with E-state index in [4.69, 9.17) is 11.6 Å². The van der Waals surface area contributed by atoms with Crippen molar-refractivity contribution in [3.05, 3.63) is 75.2 Å². The number of benzene rings is 1. The van der Waals surface area contributed by atoms with E-state index in [0.29, 0.717) is 17.1 Å². The van der Waals surface area contributed by atoms with E-state index in [9.17, 15) is 4.79 Å². The molecule has 3 rings (SSSR count). The molecule has 0 aliphatic heterocycles. The lowest BCUT2D eigenvalue weighted by Gasteiger charge is -2.12. The highest BCUT2D eigenvalue weighted by atomic mass is 35.5. The molecule has 6 heteroatoms. The Labute approximate surface area is 143 Å². The van der Waals surface area contributed by atoms with Gasteiger partial charge in [-0.05, 0) is 36.1 Å². The van der Waals surface area contributed by atoms with Crippen LogP contribution in [0.4, 0.5) is 0 Å². The average molecular weight is 346 g/mol. The summed E-state index contributed by atoms with van der Waals surface area (Å²) in [5.74, 6) is -0.0698. The number of carbonyl (C=O) groups excluding carboxylic acids is 1. The second-order valence-electron chi connectivity index (χ2n) is 5.26. The molecule has 0 saturated carbocycles. The lowest BCUT2D eigenvalue weighted by molar-refractivity contribution is 0.0940. The molecule has 1 N–H and O–H groups in total. The summed E-state index contributed by atoms with van der Waals surface area (Å²) in [6.45, 7) is 2.61. The van der Waals surface area contributed by atoms with Gasteiger partial charge in [0.25, 0.3) is 5.91 Å². The Bertz CT molecular complexity index is 781. The van der Waals surface area contributed by atoms with E-state index in [1.54, 1.807) is 28.4 Å². The summed E-state index contributed by atoms with van der Waals surface area (Å²) < 4.78 is 1.76. The molecular formula is C17H16ClN3OS. The van der Waals surface area contributed by atoms with Crippen molar-refractivity contribution in [1.29, 1.82) is 0 Å². The maximum Gasteiger partial charge on any atom is 0.251 e. The number of hydrogen-bond donors (Lipinski definition) is 1. The fraction of sp³-hybridized carbons (Fsp3) is 0.176. The SMILES string of the molecule is CC(NC(=O)c1ccc(Cn2cc(Cl)cn2)cc1)c1cccs1. The third kappa shape index (κ3) is 4.00. The molecule has 118 valence electrons. The normalized spacial score (nSPS) is 12.1. The summed E-state index contributed by atoms with van der Waals surface area (Å²) in [6, 6.07) is 11.5. The van der Waals surface area contributed by atoms with Crippen LogP contribution in [0.25, 0.3) is 0 Å².